The zero-order valence-electron chi connectivity index (χ0n) is 19.5. The van der Waals surface area contributed by atoms with Gasteiger partial charge in [-0.2, -0.15) is 0 Å². The van der Waals surface area contributed by atoms with Gasteiger partial charge in [-0.1, -0.05) is 58.3 Å². The van der Waals surface area contributed by atoms with Crippen LogP contribution in [0.1, 0.15) is 103 Å². The Hall–Kier alpha value is 0.430. The van der Waals surface area contributed by atoms with Crippen LogP contribution >= 0.6 is 0 Å². The van der Waals surface area contributed by atoms with Crippen LogP contribution in [0.2, 0.25) is 0 Å². The summed E-state index contributed by atoms with van der Waals surface area (Å²) >= 11 is 0. The van der Waals surface area contributed by atoms with Crippen molar-refractivity contribution >= 4 is 23.6 Å². The van der Waals surface area contributed by atoms with Gasteiger partial charge in [0.1, 0.15) is 0 Å². The van der Waals surface area contributed by atoms with E-state index in [1.54, 1.807) is 0 Å². The van der Waals surface area contributed by atoms with Gasteiger partial charge in [0.15, 0.2) is 0 Å². The molecule has 0 saturated carbocycles. The third-order valence-corrected chi connectivity index (χ3v) is 4.69. The number of nitrogens with one attached hydrogen (secondary N) is 1. The Morgan fingerprint density at radius 2 is 1.19 bits per heavy atom. The molecule has 1 aromatic rings. The second-order valence-corrected chi connectivity index (χ2v) is 7.12. The van der Waals surface area contributed by atoms with Crippen molar-refractivity contribution in [1.29, 1.82) is 0 Å². The Balaban J connectivity index is -0.00000261. The SMILES string of the molecule is CCCCCCCCCCC(C)Nc1cc(C(=O)[O-])c(C(=O)[O-])c(C(=O)[O-])c1.[Na+].[Na+].[Na+]. The first-order valence-corrected chi connectivity index (χ1v) is 9.86. The summed E-state index contributed by atoms with van der Waals surface area (Å²) in [7, 11) is 0. The van der Waals surface area contributed by atoms with E-state index in [2.05, 4.69) is 12.2 Å². The molecule has 0 bridgehead atoms. The quantitative estimate of drug-likeness (QED) is 0.216. The average Bonchev–Trinajstić information content (AvgIpc) is 2.62. The van der Waals surface area contributed by atoms with E-state index in [-0.39, 0.29) is 100 Å². The van der Waals surface area contributed by atoms with Crippen molar-refractivity contribution in [1.82, 2.24) is 0 Å². The van der Waals surface area contributed by atoms with Crippen LogP contribution in [0.15, 0.2) is 12.1 Å². The van der Waals surface area contributed by atoms with Crippen molar-refractivity contribution in [2.24, 2.45) is 0 Å². The van der Waals surface area contributed by atoms with Crippen molar-refractivity contribution in [3.63, 3.8) is 0 Å². The number of aromatic carboxylic acids is 3. The zero-order chi connectivity index (χ0) is 21.1. The molecular weight excluding hydrogens is 431 g/mol. The normalized spacial score (nSPS) is 10.6. The monoisotopic (exact) mass is 459 g/mol. The Kier molecular flexibility index (Phi) is 23.1. The van der Waals surface area contributed by atoms with E-state index in [9.17, 15) is 29.7 Å². The first-order valence-electron chi connectivity index (χ1n) is 9.86. The number of unbranched alkanes of at least 4 members (excludes halogenated alkanes) is 7. The van der Waals surface area contributed by atoms with Crippen LogP contribution in [-0.4, -0.2) is 23.9 Å². The number of carbonyl (C=O) groups is 3. The summed E-state index contributed by atoms with van der Waals surface area (Å²) in [6.45, 7) is 4.08. The van der Waals surface area contributed by atoms with Crippen LogP contribution in [0.25, 0.3) is 0 Å². The van der Waals surface area contributed by atoms with E-state index in [0.29, 0.717) is 0 Å². The maximum Gasteiger partial charge on any atom is 1.00 e. The zero-order valence-corrected chi connectivity index (χ0v) is 25.5. The number of carboxylic acids is 3. The van der Waals surface area contributed by atoms with Crippen LogP contribution in [-0.2, 0) is 0 Å². The summed E-state index contributed by atoms with van der Waals surface area (Å²) in [5.41, 5.74) is -2.25. The molecular formula is C21H28NNa3O6. The number of anilines is 1. The standard InChI is InChI=1S/C21H31NO6.3Na/c1-3-4-5-6-7-8-9-10-11-14(2)22-15-12-16(19(23)24)18(21(27)28)17(13-15)20(25)26;;;/h12-14,22H,3-11H2,1-2H3,(H,23,24)(H,25,26)(H,27,28);;;/q;3*+1/p-3. The van der Waals surface area contributed by atoms with Crippen LogP contribution in [0, 0.1) is 0 Å². The second-order valence-electron chi connectivity index (χ2n) is 7.12. The van der Waals surface area contributed by atoms with Crippen molar-refractivity contribution < 1.29 is 118 Å². The van der Waals surface area contributed by atoms with Crippen molar-refractivity contribution in [3.8, 4) is 0 Å². The Morgan fingerprint density at radius 1 is 0.774 bits per heavy atom. The minimum absolute atomic E-state index is 0. The van der Waals surface area contributed by atoms with Crippen molar-refractivity contribution in [2.45, 2.75) is 77.7 Å². The third kappa shape index (κ3) is 13.7. The van der Waals surface area contributed by atoms with Gasteiger partial charge < -0.3 is 35.0 Å². The summed E-state index contributed by atoms with van der Waals surface area (Å²) in [6.07, 6.45) is 10.3. The molecule has 0 saturated heterocycles. The number of carboxylic acid groups (broad SMARTS) is 3. The molecule has 1 unspecified atom stereocenters. The van der Waals surface area contributed by atoms with Crippen LogP contribution in [0.4, 0.5) is 5.69 Å². The Labute approximate surface area is 251 Å². The number of rotatable bonds is 14. The minimum atomic E-state index is -1.91. The number of hydrogen-bond donors (Lipinski definition) is 1. The molecule has 0 spiro atoms. The van der Waals surface area contributed by atoms with Gasteiger partial charge in [-0.25, -0.2) is 0 Å². The molecule has 0 fully saturated rings. The topological polar surface area (TPSA) is 132 Å². The second kappa shape index (κ2) is 19.9. The van der Waals surface area contributed by atoms with Gasteiger partial charge in [0.2, 0.25) is 0 Å². The Bertz CT molecular complexity index is 665. The van der Waals surface area contributed by atoms with E-state index in [4.69, 9.17) is 0 Å². The fraction of sp³-hybridized carbons (Fsp3) is 0.571. The number of benzene rings is 1. The maximum atomic E-state index is 11.2. The van der Waals surface area contributed by atoms with E-state index < -0.39 is 34.6 Å². The molecule has 0 heterocycles. The van der Waals surface area contributed by atoms with Crippen molar-refractivity contribution in [2.75, 3.05) is 5.32 Å². The van der Waals surface area contributed by atoms with Gasteiger partial charge >= 0.3 is 88.7 Å². The van der Waals surface area contributed by atoms with E-state index >= 15 is 0 Å². The van der Waals surface area contributed by atoms with E-state index in [1.807, 2.05) is 6.92 Å². The van der Waals surface area contributed by atoms with Crippen LogP contribution in [0.3, 0.4) is 0 Å². The van der Waals surface area contributed by atoms with Gasteiger partial charge in [-0.15, -0.1) is 0 Å². The third-order valence-electron chi connectivity index (χ3n) is 4.69. The van der Waals surface area contributed by atoms with Crippen LogP contribution in [0.5, 0.6) is 0 Å². The molecule has 1 aromatic carbocycles. The molecule has 0 aliphatic carbocycles. The smallest absolute Gasteiger partial charge is 0.545 e. The molecule has 31 heavy (non-hydrogen) atoms. The summed E-state index contributed by atoms with van der Waals surface area (Å²) < 4.78 is 0. The molecule has 0 amide bonds. The van der Waals surface area contributed by atoms with Gasteiger partial charge in [0.25, 0.3) is 0 Å². The van der Waals surface area contributed by atoms with Crippen LogP contribution < -0.4 is 109 Å². The van der Waals surface area contributed by atoms with E-state index in [1.165, 1.54) is 38.5 Å². The Morgan fingerprint density at radius 3 is 1.58 bits per heavy atom. The molecule has 1 atom stereocenters. The largest absolute Gasteiger partial charge is 1.00 e. The van der Waals surface area contributed by atoms with Gasteiger partial charge in [0.05, 0.1) is 17.9 Å². The molecule has 1 rings (SSSR count). The summed E-state index contributed by atoms with van der Waals surface area (Å²) in [5, 5.41) is 36.6. The fourth-order valence-corrected chi connectivity index (χ4v) is 3.21. The van der Waals surface area contributed by atoms with Gasteiger partial charge in [0, 0.05) is 28.4 Å². The summed E-state index contributed by atoms with van der Waals surface area (Å²) in [5.74, 6) is -5.49. The predicted octanol–water partition coefficient (Wildman–Crippen LogP) is -7.88. The summed E-state index contributed by atoms with van der Waals surface area (Å²) in [4.78, 5) is 33.6. The number of carbonyl (C=O) groups excluding carboxylic acids is 3. The molecule has 0 aliphatic rings. The van der Waals surface area contributed by atoms with Gasteiger partial charge in [-0.3, -0.25) is 0 Å². The molecule has 0 aliphatic heterocycles. The maximum absolute atomic E-state index is 11.2. The minimum Gasteiger partial charge on any atom is -0.545 e. The first-order chi connectivity index (χ1) is 13.3. The molecule has 156 valence electrons. The van der Waals surface area contributed by atoms with Gasteiger partial charge in [-0.05, 0) is 25.5 Å². The fourth-order valence-electron chi connectivity index (χ4n) is 3.21. The van der Waals surface area contributed by atoms with Crippen molar-refractivity contribution in [3.05, 3.63) is 28.8 Å². The predicted molar refractivity (Wildman–Crippen MR) is 99.7 cm³/mol. The summed E-state index contributed by atoms with van der Waals surface area (Å²) in [6, 6.07) is 2.06. The molecule has 0 aromatic heterocycles. The average molecular weight is 459 g/mol. The van der Waals surface area contributed by atoms with E-state index in [0.717, 1.165) is 31.4 Å². The first kappa shape index (κ1) is 36.0. The molecule has 1 N–H and O–H groups in total. The number of hydrogen-bond acceptors (Lipinski definition) is 7. The molecule has 0 radical (unpaired) electrons. The molecule has 7 nitrogen and oxygen atoms in total. The molecule has 10 heteroatoms.